The van der Waals surface area contributed by atoms with Crippen molar-refractivity contribution in [1.82, 2.24) is 4.90 Å². The number of ketones is 1. The van der Waals surface area contributed by atoms with E-state index in [2.05, 4.69) is 4.90 Å². The standard InChI is InChI=1S/C24H28ClNO6/c1-30-21-14-22(31-2)23(20(28)8-7-16-5-3-4-6-19(16)25)24(29)18(21)13-17(27)15-26-9-11-32-12-10-26/h3-8,14,17,27,29H,9-13,15H2,1-2H3/b8-7-. The fraction of sp³-hybridized carbons (Fsp3) is 0.375. The number of aliphatic hydroxyl groups excluding tert-OH is 1. The lowest BCUT2D eigenvalue weighted by Crippen LogP contribution is -2.41. The molecule has 1 unspecified atom stereocenters. The second-order valence-corrected chi connectivity index (χ2v) is 7.88. The normalized spacial score (nSPS) is 15.6. The highest BCUT2D eigenvalue weighted by Gasteiger charge is 2.25. The van der Waals surface area contributed by atoms with Gasteiger partial charge in [-0.15, -0.1) is 0 Å². The van der Waals surface area contributed by atoms with Crippen LogP contribution in [0.5, 0.6) is 17.2 Å². The van der Waals surface area contributed by atoms with Gasteiger partial charge in [-0.1, -0.05) is 29.8 Å². The molecule has 0 aliphatic carbocycles. The van der Waals surface area contributed by atoms with Crippen LogP contribution in [0, 0.1) is 0 Å². The van der Waals surface area contributed by atoms with E-state index in [1.54, 1.807) is 30.3 Å². The topological polar surface area (TPSA) is 88.5 Å². The van der Waals surface area contributed by atoms with Crippen molar-refractivity contribution in [1.29, 1.82) is 0 Å². The molecule has 1 atom stereocenters. The molecule has 0 amide bonds. The predicted molar refractivity (Wildman–Crippen MR) is 123 cm³/mol. The molecule has 0 aromatic heterocycles. The Kier molecular flexibility index (Phi) is 8.53. The number of aliphatic hydroxyl groups is 1. The lowest BCUT2D eigenvalue weighted by Gasteiger charge is -2.29. The molecular formula is C24H28ClNO6. The molecule has 0 bridgehead atoms. The van der Waals surface area contributed by atoms with Crippen molar-refractivity contribution in [3.8, 4) is 17.2 Å². The highest BCUT2D eigenvalue weighted by molar-refractivity contribution is 6.32. The molecule has 172 valence electrons. The van der Waals surface area contributed by atoms with E-state index in [1.165, 1.54) is 20.3 Å². The van der Waals surface area contributed by atoms with E-state index in [1.807, 2.05) is 6.07 Å². The third-order valence-corrected chi connectivity index (χ3v) is 5.69. The number of methoxy groups -OCH3 is 2. The summed E-state index contributed by atoms with van der Waals surface area (Å²) in [5.74, 6) is -0.200. The molecule has 3 rings (SSSR count). The second kappa shape index (κ2) is 11.3. The molecule has 1 saturated heterocycles. The quantitative estimate of drug-likeness (QED) is 0.438. The van der Waals surface area contributed by atoms with Crippen molar-refractivity contribution in [2.45, 2.75) is 12.5 Å². The summed E-state index contributed by atoms with van der Waals surface area (Å²) in [5, 5.41) is 22.2. The zero-order chi connectivity index (χ0) is 23.1. The summed E-state index contributed by atoms with van der Waals surface area (Å²) >= 11 is 6.15. The van der Waals surface area contributed by atoms with Crippen LogP contribution in [0.3, 0.4) is 0 Å². The molecule has 1 heterocycles. The van der Waals surface area contributed by atoms with Crippen LogP contribution in [-0.4, -0.2) is 74.1 Å². The van der Waals surface area contributed by atoms with Crippen LogP contribution < -0.4 is 9.47 Å². The van der Waals surface area contributed by atoms with Gasteiger partial charge in [0.05, 0.1) is 33.5 Å². The predicted octanol–water partition coefficient (Wildman–Crippen LogP) is 3.19. The van der Waals surface area contributed by atoms with Crippen molar-refractivity contribution in [3.63, 3.8) is 0 Å². The molecule has 0 radical (unpaired) electrons. The molecule has 0 saturated carbocycles. The number of aromatic hydroxyl groups is 1. The average molecular weight is 462 g/mol. The highest BCUT2D eigenvalue weighted by atomic mass is 35.5. The Morgan fingerprint density at radius 1 is 1.22 bits per heavy atom. The molecule has 1 aliphatic heterocycles. The molecule has 32 heavy (non-hydrogen) atoms. The Labute approximate surface area is 192 Å². The van der Waals surface area contributed by atoms with E-state index >= 15 is 0 Å². The van der Waals surface area contributed by atoms with Crippen LogP contribution in [-0.2, 0) is 11.2 Å². The smallest absolute Gasteiger partial charge is 0.193 e. The van der Waals surface area contributed by atoms with Crippen LogP contribution in [0.1, 0.15) is 21.5 Å². The lowest BCUT2D eigenvalue weighted by atomic mass is 9.97. The summed E-state index contributed by atoms with van der Waals surface area (Å²) in [6, 6.07) is 8.67. The number of ether oxygens (including phenoxy) is 3. The van der Waals surface area contributed by atoms with Gasteiger partial charge in [-0.2, -0.15) is 0 Å². The Bertz CT molecular complexity index is 971. The second-order valence-electron chi connectivity index (χ2n) is 7.47. The molecule has 2 aromatic carbocycles. The van der Waals surface area contributed by atoms with Crippen molar-refractivity contribution >= 4 is 23.5 Å². The molecule has 2 aromatic rings. The summed E-state index contributed by atoms with van der Waals surface area (Å²) in [6.45, 7) is 3.15. The number of hydrogen-bond acceptors (Lipinski definition) is 7. The number of phenolic OH excluding ortho intramolecular Hbond substituents is 1. The van der Waals surface area contributed by atoms with Crippen molar-refractivity contribution in [3.05, 3.63) is 58.1 Å². The third kappa shape index (κ3) is 5.81. The van der Waals surface area contributed by atoms with Gasteiger partial charge < -0.3 is 24.4 Å². The van der Waals surface area contributed by atoms with E-state index in [0.29, 0.717) is 41.7 Å². The number of benzene rings is 2. The molecule has 2 N–H and O–H groups in total. The van der Waals surface area contributed by atoms with Gasteiger partial charge >= 0.3 is 0 Å². The number of β-amino-alcohol motifs (C(OH)–C–C–N with tert-alkyl or cyclic N) is 1. The van der Waals surface area contributed by atoms with Crippen LogP contribution in [0.4, 0.5) is 0 Å². The Hall–Kier alpha value is -2.58. The maximum Gasteiger partial charge on any atom is 0.193 e. The van der Waals surface area contributed by atoms with E-state index in [0.717, 1.165) is 13.1 Å². The zero-order valence-electron chi connectivity index (χ0n) is 18.2. The van der Waals surface area contributed by atoms with Crippen molar-refractivity contribution < 1.29 is 29.2 Å². The minimum Gasteiger partial charge on any atom is -0.507 e. The maximum atomic E-state index is 13.0. The van der Waals surface area contributed by atoms with Gasteiger partial charge in [-0.05, 0) is 23.8 Å². The lowest BCUT2D eigenvalue weighted by molar-refractivity contribution is 0.0147. The Morgan fingerprint density at radius 3 is 2.56 bits per heavy atom. The van der Waals surface area contributed by atoms with Crippen LogP contribution in [0.25, 0.3) is 6.08 Å². The number of rotatable bonds is 9. The highest BCUT2D eigenvalue weighted by Crippen LogP contribution is 2.40. The van der Waals surface area contributed by atoms with E-state index in [9.17, 15) is 15.0 Å². The first-order chi connectivity index (χ1) is 15.4. The fourth-order valence-corrected chi connectivity index (χ4v) is 3.88. The van der Waals surface area contributed by atoms with Crippen LogP contribution in [0.15, 0.2) is 36.4 Å². The molecule has 7 nitrogen and oxygen atoms in total. The van der Waals surface area contributed by atoms with Gasteiger partial charge in [-0.3, -0.25) is 9.69 Å². The van der Waals surface area contributed by atoms with Crippen molar-refractivity contribution in [2.24, 2.45) is 0 Å². The first-order valence-electron chi connectivity index (χ1n) is 10.4. The number of halogens is 1. The molecule has 1 aliphatic rings. The number of carbonyl (C=O) groups excluding carboxylic acids is 1. The zero-order valence-corrected chi connectivity index (χ0v) is 19.0. The summed E-state index contributed by atoms with van der Waals surface area (Å²) in [5.41, 5.74) is 1.03. The largest absolute Gasteiger partial charge is 0.507 e. The van der Waals surface area contributed by atoms with Gasteiger partial charge in [0.1, 0.15) is 22.8 Å². The number of phenols is 1. The molecule has 0 spiro atoms. The van der Waals surface area contributed by atoms with Gasteiger partial charge in [0.15, 0.2) is 5.78 Å². The molecule has 1 fully saturated rings. The van der Waals surface area contributed by atoms with E-state index < -0.39 is 11.9 Å². The minimum absolute atomic E-state index is 0.00479. The Morgan fingerprint density at radius 2 is 1.91 bits per heavy atom. The maximum absolute atomic E-state index is 13.0. The Balaban J connectivity index is 1.88. The van der Waals surface area contributed by atoms with E-state index in [4.69, 9.17) is 25.8 Å². The SMILES string of the molecule is COc1cc(OC)c(C(=O)/C=C\c2ccccc2Cl)c(O)c1CC(O)CN1CCOCC1. The third-order valence-electron chi connectivity index (χ3n) is 5.35. The van der Waals surface area contributed by atoms with Gasteiger partial charge in [0, 0.05) is 42.7 Å². The molecular weight excluding hydrogens is 434 g/mol. The van der Waals surface area contributed by atoms with Gasteiger partial charge in [0.25, 0.3) is 0 Å². The van der Waals surface area contributed by atoms with Crippen LogP contribution in [0.2, 0.25) is 5.02 Å². The minimum atomic E-state index is -0.761. The fourth-order valence-electron chi connectivity index (χ4n) is 3.68. The average Bonchev–Trinajstić information content (AvgIpc) is 2.80. The van der Waals surface area contributed by atoms with Crippen molar-refractivity contribution in [2.75, 3.05) is 47.1 Å². The number of nitrogens with zero attached hydrogens (tertiary/aromatic N) is 1. The number of carbonyl (C=O) groups is 1. The first kappa shape index (κ1) is 24.1. The van der Waals surface area contributed by atoms with E-state index in [-0.39, 0.29) is 23.5 Å². The first-order valence-corrected chi connectivity index (χ1v) is 10.7. The summed E-state index contributed by atoms with van der Waals surface area (Å²) in [7, 11) is 2.88. The van der Waals surface area contributed by atoms with Gasteiger partial charge in [-0.25, -0.2) is 0 Å². The van der Waals surface area contributed by atoms with Gasteiger partial charge in [0.2, 0.25) is 0 Å². The monoisotopic (exact) mass is 461 g/mol. The summed E-state index contributed by atoms with van der Waals surface area (Å²) in [4.78, 5) is 15.1. The summed E-state index contributed by atoms with van der Waals surface area (Å²) in [6.07, 6.45) is 2.27. The van der Waals surface area contributed by atoms with Crippen LogP contribution >= 0.6 is 11.6 Å². The number of hydrogen-bond donors (Lipinski definition) is 2. The molecule has 8 heteroatoms. The number of morpholine rings is 1. The summed E-state index contributed by atoms with van der Waals surface area (Å²) < 4.78 is 16.1. The number of allylic oxidation sites excluding steroid dienone is 1.